The molecule has 0 radical (unpaired) electrons. The molecule has 0 amide bonds. The lowest BCUT2D eigenvalue weighted by molar-refractivity contribution is -0.152. The van der Waals surface area contributed by atoms with Gasteiger partial charge >= 0.3 is 0 Å². The van der Waals surface area contributed by atoms with Crippen LogP contribution >= 0.6 is 0 Å². The van der Waals surface area contributed by atoms with Crippen LogP contribution < -0.4 is 4.74 Å². The highest BCUT2D eigenvalue weighted by Crippen LogP contribution is 2.13. The van der Waals surface area contributed by atoms with Crippen molar-refractivity contribution in [2.24, 2.45) is 0 Å². The predicted octanol–water partition coefficient (Wildman–Crippen LogP) is 2.00. The van der Waals surface area contributed by atoms with E-state index in [0.717, 1.165) is 11.3 Å². The standard InChI is InChI=1S/C14H22O4/c1-3-16-14(17-4-2)11-18-13-7-5-12(6-8-13)9-10-15/h5-8,14-15H,3-4,9-11H2,1-2H3. The first kappa shape index (κ1) is 15.0. The lowest BCUT2D eigenvalue weighted by Gasteiger charge is -2.17. The van der Waals surface area contributed by atoms with E-state index in [1.807, 2.05) is 38.1 Å². The average Bonchev–Trinajstić information content (AvgIpc) is 2.38. The van der Waals surface area contributed by atoms with E-state index in [1.165, 1.54) is 0 Å². The molecule has 0 heterocycles. The van der Waals surface area contributed by atoms with Crippen molar-refractivity contribution < 1.29 is 19.3 Å². The van der Waals surface area contributed by atoms with Crippen LogP contribution in [0.4, 0.5) is 0 Å². The Hall–Kier alpha value is -1.10. The summed E-state index contributed by atoms with van der Waals surface area (Å²) in [6, 6.07) is 7.67. The van der Waals surface area contributed by atoms with Crippen molar-refractivity contribution in [3.8, 4) is 5.75 Å². The molecule has 0 unspecified atom stereocenters. The zero-order valence-electron chi connectivity index (χ0n) is 11.1. The summed E-state index contributed by atoms with van der Waals surface area (Å²) in [6.45, 7) is 5.59. The number of rotatable bonds is 9. The Bertz CT molecular complexity index is 304. The van der Waals surface area contributed by atoms with Gasteiger partial charge in [-0.1, -0.05) is 12.1 Å². The summed E-state index contributed by atoms with van der Waals surface area (Å²) < 4.78 is 16.4. The topological polar surface area (TPSA) is 47.9 Å². The van der Waals surface area contributed by atoms with Gasteiger partial charge in [-0.15, -0.1) is 0 Å². The van der Waals surface area contributed by atoms with Crippen molar-refractivity contribution >= 4 is 0 Å². The van der Waals surface area contributed by atoms with E-state index < -0.39 is 0 Å². The van der Waals surface area contributed by atoms with Crippen LogP contribution in [0.5, 0.6) is 5.75 Å². The number of benzene rings is 1. The minimum Gasteiger partial charge on any atom is -0.488 e. The fourth-order valence-electron chi connectivity index (χ4n) is 1.56. The van der Waals surface area contributed by atoms with Crippen molar-refractivity contribution in [1.82, 2.24) is 0 Å². The molecule has 0 saturated heterocycles. The highest BCUT2D eigenvalue weighted by molar-refractivity contribution is 5.27. The van der Waals surface area contributed by atoms with Crippen molar-refractivity contribution in [3.63, 3.8) is 0 Å². The Morgan fingerprint density at radius 2 is 1.67 bits per heavy atom. The zero-order chi connectivity index (χ0) is 13.2. The van der Waals surface area contributed by atoms with Crippen molar-refractivity contribution in [2.45, 2.75) is 26.6 Å². The first-order valence-corrected chi connectivity index (χ1v) is 6.36. The van der Waals surface area contributed by atoms with Gasteiger partial charge in [0.05, 0.1) is 0 Å². The van der Waals surface area contributed by atoms with Gasteiger partial charge in [0.25, 0.3) is 0 Å². The Labute approximate surface area is 108 Å². The minimum atomic E-state index is -0.322. The number of hydrogen-bond donors (Lipinski definition) is 1. The van der Waals surface area contributed by atoms with E-state index in [9.17, 15) is 0 Å². The number of aliphatic hydroxyl groups is 1. The van der Waals surface area contributed by atoms with Gasteiger partial charge in [0.1, 0.15) is 12.4 Å². The molecule has 4 heteroatoms. The zero-order valence-corrected chi connectivity index (χ0v) is 11.1. The summed E-state index contributed by atoms with van der Waals surface area (Å²) in [7, 11) is 0. The van der Waals surface area contributed by atoms with E-state index >= 15 is 0 Å². The van der Waals surface area contributed by atoms with Crippen LogP contribution in [0, 0.1) is 0 Å². The number of hydrogen-bond acceptors (Lipinski definition) is 4. The van der Waals surface area contributed by atoms with Crippen LogP contribution in [0.25, 0.3) is 0 Å². The van der Waals surface area contributed by atoms with Gasteiger partial charge in [-0.2, -0.15) is 0 Å². The second-order valence-corrected chi connectivity index (χ2v) is 3.77. The van der Waals surface area contributed by atoms with E-state index in [2.05, 4.69) is 0 Å². The normalized spacial score (nSPS) is 10.9. The smallest absolute Gasteiger partial charge is 0.191 e. The van der Waals surface area contributed by atoms with Crippen LogP contribution in [-0.4, -0.2) is 37.8 Å². The molecule has 18 heavy (non-hydrogen) atoms. The van der Waals surface area contributed by atoms with Crippen LogP contribution in [0.3, 0.4) is 0 Å². The highest BCUT2D eigenvalue weighted by Gasteiger charge is 2.08. The maximum atomic E-state index is 8.82. The van der Waals surface area contributed by atoms with Crippen molar-refractivity contribution in [3.05, 3.63) is 29.8 Å². The molecule has 1 N–H and O–H groups in total. The maximum Gasteiger partial charge on any atom is 0.191 e. The third-order valence-electron chi connectivity index (χ3n) is 2.42. The van der Waals surface area contributed by atoms with Crippen molar-refractivity contribution in [2.75, 3.05) is 26.4 Å². The van der Waals surface area contributed by atoms with E-state index in [-0.39, 0.29) is 12.9 Å². The summed E-state index contributed by atoms with van der Waals surface area (Å²) in [5.41, 5.74) is 1.09. The van der Waals surface area contributed by atoms with Crippen LogP contribution in [0.1, 0.15) is 19.4 Å². The summed E-state index contributed by atoms with van der Waals surface area (Å²) in [6.07, 6.45) is 0.345. The van der Waals surface area contributed by atoms with E-state index in [1.54, 1.807) is 0 Å². The third kappa shape index (κ3) is 5.49. The molecule has 0 aliphatic heterocycles. The van der Waals surface area contributed by atoms with Gasteiger partial charge in [-0.05, 0) is 38.0 Å². The summed E-state index contributed by atoms with van der Waals surface area (Å²) in [4.78, 5) is 0. The van der Waals surface area contributed by atoms with Gasteiger partial charge in [-0.3, -0.25) is 0 Å². The van der Waals surface area contributed by atoms with Gasteiger partial charge in [0, 0.05) is 19.8 Å². The molecule has 0 spiro atoms. The van der Waals surface area contributed by atoms with Gasteiger partial charge < -0.3 is 19.3 Å². The molecule has 1 aromatic carbocycles. The van der Waals surface area contributed by atoms with E-state index in [4.69, 9.17) is 19.3 Å². The van der Waals surface area contributed by atoms with Gasteiger partial charge in [0.2, 0.25) is 0 Å². The summed E-state index contributed by atoms with van der Waals surface area (Å²) in [5, 5.41) is 8.82. The first-order valence-electron chi connectivity index (χ1n) is 6.36. The average molecular weight is 254 g/mol. The summed E-state index contributed by atoms with van der Waals surface area (Å²) in [5.74, 6) is 0.779. The lowest BCUT2D eigenvalue weighted by atomic mass is 10.1. The molecule has 0 atom stereocenters. The SMILES string of the molecule is CCOC(COc1ccc(CCO)cc1)OCC. The van der Waals surface area contributed by atoms with Crippen LogP contribution in [0.2, 0.25) is 0 Å². The summed E-state index contributed by atoms with van der Waals surface area (Å²) >= 11 is 0. The monoisotopic (exact) mass is 254 g/mol. The molecule has 1 rings (SSSR count). The van der Waals surface area contributed by atoms with Gasteiger partial charge in [-0.25, -0.2) is 0 Å². The molecule has 0 aromatic heterocycles. The molecular weight excluding hydrogens is 232 g/mol. The molecular formula is C14H22O4. The largest absolute Gasteiger partial charge is 0.488 e. The van der Waals surface area contributed by atoms with E-state index in [0.29, 0.717) is 26.2 Å². The Kier molecular flexibility index (Phi) is 7.41. The Morgan fingerprint density at radius 3 is 2.17 bits per heavy atom. The second-order valence-electron chi connectivity index (χ2n) is 3.77. The molecule has 0 bridgehead atoms. The van der Waals surface area contributed by atoms with Gasteiger partial charge in [0.15, 0.2) is 6.29 Å². The minimum absolute atomic E-state index is 0.164. The third-order valence-corrected chi connectivity index (χ3v) is 2.42. The highest BCUT2D eigenvalue weighted by atomic mass is 16.7. The predicted molar refractivity (Wildman–Crippen MR) is 69.8 cm³/mol. The molecule has 1 aromatic rings. The Morgan fingerprint density at radius 1 is 1.06 bits per heavy atom. The van der Waals surface area contributed by atoms with Crippen LogP contribution in [-0.2, 0) is 15.9 Å². The molecule has 0 aliphatic rings. The fourth-order valence-corrected chi connectivity index (χ4v) is 1.56. The maximum absolute atomic E-state index is 8.82. The molecule has 4 nitrogen and oxygen atoms in total. The molecule has 102 valence electrons. The molecule has 0 saturated carbocycles. The molecule has 0 aliphatic carbocycles. The number of aliphatic hydroxyl groups excluding tert-OH is 1. The quantitative estimate of drug-likeness (QED) is 0.685. The Balaban J connectivity index is 2.41. The van der Waals surface area contributed by atoms with Crippen molar-refractivity contribution in [1.29, 1.82) is 0 Å². The van der Waals surface area contributed by atoms with Crippen LogP contribution in [0.15, 0.2) is 24.3 Å². The lowest BCUT2D eigenvalue weighted by Crippen LogP contribution is -2.25. The molecule has 0 fully saturated rings. The second kappa shape index (κ2) is 8.91. The first-order chi connectivity index (χ1) is 8.80. The number of ether oxygens (including phenoxy) is 3. The fraction of sp³-hybridized carbons (Fsp3) is 0.571.